The van der Waals surface area contributed by atoms with Crippen LogP contribution in [0.25, 0.3) is 0 Å². The van der Waals surface area contributed by atoms with E-state index >= 15 is 0 Å². The molecular weight excluding hydrogens is 224 g/mol. The summed E-state index contributed by atoms with van der Waals surface area (Å²) in [5.74, 6) is -1.32. The first-order valence-electron chi connectivity index (χ1n) is 5.20. The van der Waals surface area contributed by atoms with Crippen LogP contribution in [-0.4, -0.2) is 45.1 Å². The van der Waals surface area contributed by atoms with Crippen molar-refractivity contribution in [1.82, 2.24) is 14.9 Å². The van der Waals surface area contributed by atoms with Gasteiger partial charge in [-0.05, 0) is 6.42 Å². The number of aliphatic carboxylic acids is 1. The Morgan fingerprint density at radius 3 is 2.71 bits per heavy atom. The highest BCUT2D eigenvalue weighted by Crippen LogP contribution is 2.17. The summed E-state index contributed by atoms with van der Waals surface area (Å²) in [6.07, 6.45) is 4.82. The number of urea groups is 1. The summed E-state index contributed by atoms with van der Waals surface area (Å²) < 4.78 is 0. The van der Waals surface area contributed by atoms with Crippen molar-refractivity contribution in [3.05, 3.63) is 18.7 Å². The van der Waals surface area contributed by atoms with E-state index in [1.54, 1.807) is 0 Å². The van der Waals surface area contributed by atoms with Crippen LogP contribution < -0.4 is 5.32 Å². The van der Waals surface area contributed by atoms with E-state index in [0.717, 1.165) is 0 Å². The summed E-state index contributed by atoms with van der Waals surface area (Å²) in [4.78, 5) is 31.5. The average Bonchev–Trinajstić information content (AvgIpc) is 2.79. The highest BCUT2D eigenvalue weighted by Gasteiger charge is 2.30. The van der Waals surface area contributed by atoms with Crippen LogP contribution in [0.2, 0.25) is 0 Å². The van der Waals surface area contributed by atoms with E-state index in [-0.39, 0.29) is 12.6 Å². The lowest BCUT2D eigenvalue weighted by molar-refractivity contribution is -0.141. The smallest absolute Gasteiger partial charge is 0.321 e. The van der Waals surface area contributed by atoms with Crippen molar-refractivity contribution in [3.63, 3.8) is 0 Å². The maximum Gasteiger partial charge on any atom is 0.321 e. The number of nitrogens with zero attached hydrogens (tertiary/aromatic N) is 3. The SMILES string of the molecule is O=C(O)C1CCN(C(=O)Nc2cncnc2)C1. The Balaban J connectivity index is 1.92. The quantitative estimate of drug-likeness (QED) is 0.775. The van der Waals surface area contributed by atoms with E-state index in [0.29, 0.717) is 18.7 Å². The maximum atomic E-state index is 11.7. The Bertz CT molecular complexity index is 423. The van der Waals surface area contributed by atoms with Crippen LogP contribution in [0.3, 0.4) is 0 Å². The molecule has 17 heavy (non-hydrogen) atoms. The molecule has 0 spiro atoms. The fraction of sp³-hybridized carbons (Fsp3) is 0.400. The second kappa shape index (κ2) is 4.77. The van der Waals surface area contributed by atoms with Gasteiger partial charge in [0.25, 0.3) is 0 Å². The van der Waals surface area contributed by atoms with E-state index in [1.165, 1.54) is 23.6 Å². The van der Waals surface area contributed by atoms with Gasteiger partial charge >= 0.3 is 12.0 Å². The second-order valence-corrected chi connectivity index (χ2v) is 3.83. The molecule has 1 saturated heterocycles. The minimum Gasteiger partial charge on any atom is -0.481 e. The Labute approximate surface area is 97.5 Å². The van der Waals surface area contributed by atoms with Crippen LogP contribution in [0.4, 0.5) is 10.5 Å². The molecule has 0 aromatic carbocycles. The van der Waals surface area contributed by atoms with E-state index in [2.05, 4.69) is 15.3 Å². The summed E-state index contributed by atoms with van der Waals surface area (Å²) >= 11 is 0. The largest absolute Gasteiger partial charge is 0.481 e. The molecule has 1 aromatic heterocycles. The van der Waals surface area contributed by atoms with Gasteiger partial charge in [0.05, 0.1) is 24.0 Å². The van der Waals surface area contributed by atoms with Crippen molar-refractivity contribution in [1.29, 1.82) is 0 Å². The van der Waals surface area contributed by atoms with Gasteiger partial charge < -0.3 is 15.3 Å². The number of rotatable bonds is 2. The van der Waals surface area contributed by atoms with E-state index in [9.17, 15) is 9.59 Å². The fourth-order valence-corrected chi connectivity index (χ4v) is 1.71. The molecule has 2 N–H and O–H groups in total. The summed E-state index contributed by atoms with van der Waals surface area (Å²) in [5, 5.41) is 11.4. The van der Waals surface area contributed by atoms with Gasteiger partial charge in [0.15, 0.2) is 0 Å². The van der Waals surface area contributed by atoms with Crippen LogP contribution >= 0.6 is 0 Å². The minimum absolute atomic E-state index is 0.245. The van der Waals surface area contributed by atoms with Crippen LogP contribution in [0.5, 0.6) is 0 Å². The molecule has 1 fully saturated rings. The number of amides is 2. The summed E-state index contributed by atoms with van der Waals surface area (Å²) in [5.41, 5.74) is 0.497. The Morgan fingerprint density at radius 1 is 1.41 bits per heavy atom. The number of aromatic nitrogens is 2. The van der Waals surface area contributed by atoms with Gasteiger partial charge in [0, 0.05) is 13.1 Å². The summed E-state index contributed by atoms with van der Waals surface area (Å²) in [6.45, 7) is 0.700. The molecular formula is C10H12N4O3. The summed E-state index contributed by atoms with van der Waals surface area (Å²) in [7, 11) is 0. The van der Waals surface area contributed by atoms with Gasteiger partial charge in [-0.1, -0.05) is 0 Å². The second-order valence-electron chi connectivity index (χ2n) is 3.83. The third-order valence-corrected chi connectivity index (χ3v) is 2.64. The molecule has 7 nitrogen and oxygen atoms in total. The number of nitrogens with one attached hydrogen (secondary N) is 1. The molecule has 2 amide bonds. The van der Waals surface area contributed by atoms with Crippen molar-refractivity contribution < 1.29 is 14.7 Å². The van der Waals surface area contributed by atoms with Gasteiger partial charge in [0.2, 0.25) is 0 Å². The van der Waals surface area contributed by atoms with E-state index in [1.807, 2.05) is 0 Å². The Kier molecular flexibility index (Phi) is 3.17. The first-order valence-corrected chi connectivity index (χ1v) is 5.20. The predicted octanol–water partition coefficient (Wildman–Crippen LogP) is 0.415. The first-order chi connectivity index (χ1) is 8.16. The van der Waals surface area contributed by atoms with Gasteiger partial charge in [-0.25, -0.2) is 14.8 Å². The van der Waals surface area contributed by atoms with Crippen molar-refractivity contribution in [2.75, 3.05) is 18.4 Å². The molecule has 2 heterocycles. The average molecular weight is 236 g/mol. The minimum atomic E-state index is -0.858. The number of hydrogen-bond acceptors (Lipinski definition) is 4. The molecule has 7 heteroatoms. The number of carbonyl (C=O) groups is 2. The van der Waals surface area contributed by atoms with Crippen molar-refractivity contribution in [2.24, 2.45) is 5.92 Å². The number of hydrogen-bond donors (Lipinski definition) is 2. The Morgan fingerprint density at radius 2 is 2.12 bits per heavy atom. The molecule has 1 unspecified atom stereocenters. The lowest BCUT2D eigenvalue weighted by Crippen LogP contribution is -2.33. The van der Waals surface area contributed by atoms with Gasteiger partial charge in [-0.2, -0.15) is 0 Å². The molecule has 1 aromatic rings. The third kappa shape index (κ3) is 2.68. The summed E-state index contributed by atoms with van der Waals surface area (Å²) in [6, 6.07) is -0.316. The molecule has 90 valence electrons. The van der Waals surface area contributed by atoms with Gasteiger partial charge in [-0.15, -0.1) is 0 Å². The molecule has 0 saturated carbocycles. The van der Waals surface area contributed by atoms with Crippen molar-refractivity contribution in [2.45, 2.75) is 6.42 Å². The van der Waals surface area contributed by atoms with Crippen LogP contribution in [0.15, 0.2) is 18.7 Å². The first kappa shape index (κ1) is 11.3. The molecule has 1 atom stereocenters. The number of anilines is 1. The molecule has 0 radical (unpaired) electrons. The molecule has 1 aliphatic rings. The maximum absolute atomic E-state index is 11.7. The topological polar surface area (TPSA) is 95.4 Å². The van der Waals surface area contributed by atoms with Crippen molar-refractivity contribution >= 4 is 17.7 Å². The van der Waals surface area contributed by atoms with Crippen LogP contribution in [0.1, 0.15) is 6.42 Å². The normalized spacial score (nSPS) is 19.1. The van der Waals surface area contributed by atoms with Crippen LogP contribution in [-0.2, 0) is 4.79 Å². The zero-order valence-corrected chi connectivity index (χ0v) is 9.04. The lowest BCUT2D eigenvalue weighted by Gasteiger charge is -2.16. The van der Waals surface area contributed by atoms with Gasteiger partial charge in [0.1, 0.15) is 6.33 Å². The zero-order valence-electron chi connectivity index (χ0n) is 9.04. The van der Waals surface area contributed by atoms with Crippen molar-refractivity contribution in [3.8, 4) is 0 Å². The van der Waals surface area contributed by atoms with Crippen LogP contribution in [0, 0.1) is 5.92 Å². The fourth-order valence-electron chi connectivity index (χ4n) is 1.71. The Hall–Kier alpha value is -2.18. The molecule has 0 aliphatic carbocycles. The standard InChI is InChI=1S/C10H12N4O3/c15-9(16)7-1-2-14(5-7)10(17)13-8-3-11-6-12-4-8/h3-4,6-7H,1-2,5H2,(H,13,17)(H,15,16). The third-order valence-electron chi connectivity index (χ3n) is 2.64. The lowest BCUT2D eigenvalue weighted by atomic mass is 10.1. The number of likely N-dealkylation sites (tertiary alicyclic amines) is 1. The monoisotopic (exact) mass is 236 g/mol. The predicted molar refractivity (Wildman–Crippen MR) is 58.4 cm³/mol. The number of carboxylic acid groups (broad SMARTS) is 1. The number of carboxylic acids is 1. The highest BCUT2D eigenvalue weighted by atomic mass is 16.4. The zero-order chi connectivity index (χ0) is 12.3. The molecule has 0 bridgehead atoms. The molecule has 2 rings (SSSR count). The van der Waals surface area contributed by atoms with Gasteiger partial charge in [-0.3, -0.25) is 4.79 Å². The molecule has 1 aliphatic heterocycles. The van der Waals surface area contributed by atoms with E-state index in [4.69, 9.17) is 5.11 Å². The van der Waals surface area contributed by atoms with E-state index < -0.39 is 11.9 Å². The number of carbonyl (C=O) groups excluding carboxylic acids is 1. The highest BCUT2D eigenvalue weighted by molar-refractivity contribution is 5.89.